The number of hydrogen-bond donors (Lipinski definition) is 0. The summed E-state index contributed by atoms with van der Waals surface area (Å²) in [5, 5.41) is 0. The molecule has 0 saturated heterocycles. The Balaban J connectivity index is 1.38. The van der Waals surface area contributed by atoms with E-state index in [1.54, 1.807) is 0 Å². The Morgan fingerprint density at radius 1 is 1.07 bits per heavy atom. The van der Waals surface area contributed by atoms with Crippen molar-refractivity contribution in [2.24, 2.45) is 7.05 Å². The van der Waals surface area contributed by atoms with E-state index in [2.05, 4.69) is 38.7 Å². The van der Waals surface area contributed by atoms with Crippen LogP contribution in [0.15, 0.2) is 60.9 Å². The van der Waals surface area contributed by atoms with Crippen molar-refractivity contribution in [3.8, 4) is 5.75 Å². The molecule has 0 fully saturated rings. The van der Waals surface area contributed by atoms with Crippen LogP contribution in [0.3, 0.4) is 0 Å². The molecule has 0 amide bonds. The number of imidazole rings is 1. The summed E-state index contributed by atoms with van der Waals surface area (Å²) in [7, 11) is 2.01. The summed E-state index contributed by atoms with van der Waals surface area (Å²) in [5.41, 5.74) is 2.01. The maximum Gasteiger partial charge on any atom is 0.416 e. The fourth-order valence-corrected chi connectivity index (χ4v) is 3.96. The van der Waals surface area contributed by atoms with Gasteiger partial charge in [0.05, 0.1) is 18.2 Å². The summed E-state index contributed by atoms with van der Waals surface area (Å²) in [5.74, 6) is 1.49. The van der Waals surface area contributed by atoms with Crippen molar-refractivity contribution < 1.29 is 17.9 Å². The number of hydrogen-bond acceptors (Lipinski definition) is 3. The zero-order valence-corrected chi connectivity index (χ0v) is 16.8. The average molecular weight is 415 g/mol. The van der Waals surface area contributed by atoms with E-state index in [1.807, 2.05) is 19.4 Å². The number of ether oxygens (including phenoxy) is 1. The van der Waals surface area contributed by atoms with E-state index in [9.17, 15) is 13.2 Å². The molecule has 158 valence electrons. The first-order valence-electron chi connectivity index (χ1n) is 10.00. The summed E-state index contributed by atoms with van der Waals surface area (Å²) in [6.07, 6.45) is 1.12. The van der Waals surface area contributed by atoms with Crippen molar-refractivity contribution in [3.63, 3.8) is 0 Å². The SMILES string of the molecule is Cn1ccnc1C1Cc2ccccc2CN1CCCOc1ccc(C(F)(F)F)cc1. The van der Waals surface area contributed by atoms with Gasteiger partial charge < -0.3 is 9.30 Å². The predicted molar refractivity (Wildman–Crippen MR) is 108 cm³/mol. The van der Waals surface area contributed by atoms with E-state index in [1.165, 1.54) is 23.3 Å². The smallest absolute Gasteiger partial charge is 0.416 e. The lowest BCUT2D eigenvalue weighted by Gasteiger charge is -2.36. The van der Waals surface area contributed by atoms with Crippen LogP contribution >= 0.6 is 0 Å². The van der Waals surface area contributed by atoms with E-state index in [4.69, 9.17) is 4.74 Å². The Bertz CT molecular complexity index is 982. The van der Waals surface area contributed by atoms with E-state index in [0.29, 0.717) is 12.4 Å². The quantitative estimate of drug-likeness (QED) is 0.531. The van der Waals surface area contributed by atoms with E-state index < -0.39 is 11.7 Å². The minimum atomic E-state index is -4.33. The maximum absolute atomic E-state index is 12.7. The lowest BCUT2D eigenvalue weighted by molar-refractivity contribution is -0.137. The molecule has 0 spiro atoms. The molecule has 2 heterocycles. The highest BCUT2D eigenvalue weighted by atomic mass is 19.4. The highest BCUT2D eigenvalue weighted by Crippen LogP contribution is 2.33. The van der Waals surface area contributed by atoms with Gasteiger partial charge in [-0.15, -0.1) is 0 Å². The van der Waals surface area contributed by atoms with Crippen molar-refractivity contribution >= 4 is 0 Å². The molecule has 0 N–H and O–H groups in total. The van der Waals surface area contributed by atoms with Gasteiger partial charge in [0, 0.05) is 32.5 Å². The number of fused-ring (bicyclic) bond motifs is 1. The Kier molecular flexibility index (Phi) is 5.81. The first kappa shape index (κ1) is 20.5. The molecule has 0 radical (unpaired) electrons. The van der Waals surface area contributed by atoms with Crippen LogP contribution in [-0.4, -0.2) is 27.6 Å². The number of aromatic nitrogens is 2. The fraction of sp³-hybridized carbons (Fsp3) is 0.348. The summed E-state index contributed by atoms with van der Waals surface area (Å²) in [4.78, 5) is 6.97. The van der Waals surface area contributed by atoms with E-state index >= 15 is 0 Å². The van der Waals surface area contributed by atoms with Gasteiger partial charge in [-0.1, -0.05) is 24.3 Å². The average Bonchev–Trinajstić information content (AvgIpc) is 3.16. The van der Waals surface area contributed by atoms with Gasteiger partial charge >= 0.3 is 6.18 Å². The Morgan fingerprint density at radius 2 is 1.80 bits per heavy atom. The monoisotopic (exact) mass is 415 g/mol. The molecule has 2 aromatic carbocycles. The minimum Gasteiger partial charge on any atom is -0.494 e. The van der Waals surface area contributed by atoms with Crippen LogP contribution in [0.1, 0.15) is 35.0 Å². The molecule has 0 bridgehead atoms. The first-order chi connectivity index (χ1) is 14.4. The third-order valence-corrected chi connectivity index (χ3v) is 5.54. The molecule has 4 nitrogen and oxygen atoms in total. The zero-order valence-electron chi connectivity index (χ0n) is 16.8. The van der Waals surface area contributed by atoms with Crippen LogP contribution in [0.25, 0.3) is 0 Å². The minimum absolute atomic E-state index is 0.186. The molecular weight excluding hydrogens is 391 g/mol. The molecular formula is C23H24F3N3O. The molecule has 1 unspecified atom stereocenters. The number of alkyl halides is 3. The number of rotatable bonds is 6. The molecule has 30 heavy (non-hydrogen) atoms. The number of halogens is 3. The normalized spacial score (nSPS) is 17.0. The van der Waals surface area contributed by atoms with Crippen LogP contribution in [-0.2, 0) is 26.2 Å². The van der Waals surface area contributed by atoms with Crippen LogP contribution in [0, 0.1) is 0 Å². The van der Waals surface area contributed by atoms with Crippen molar-refractivity contribution in [1.82, 2.24) is 14.5 Å². The molecule has 3 aromatic rings. The molecule has 1 aromatic heterocycles. The van der Waals surface area contributed by atoms with Crippen molar-refractivity contribution in [1.29, 1.82) is 0 Å². The lowest BCUT2D eigenvalue weighted by atomic mass is 9.93. The number of aryl methyl sites for hydroxylation is 1. The molecule has 0 aliphatic carbocycles. The molecule has 7 heteroatoms. The topological polar surface area (TPSA) is 30.3 Å². The largest absolute Gasteiger partial charge is 0.494 e. The lowest BCUT2D eigenvalue weighted by Crippen LogP contribution is -2.36. The second-order valence-corrected chi connectivity index (χ2v) is 7.58. The van der Waals surface area contributed by atoms with Crippen molar-refractivity contribution in [2.75, 3.05) is 13.2 Å². The molecule has 1 aliphatic rings. The van der Waals surface area contributed by atoms with Gasteiger partial charge in [0.15, 0.2) is 0 Å². The van der Waals surface area contributed by atoms with Crippen molar-refractivity contribution in [2.45, 2.75) is 31.6 Å². The molecule has 1 atom stereocenters. The van der Waals surface area contributed by atoms with Gasteiger partial charge in [-0.25, -0.2) is 4.98 Å². The van der Waals surface area contributed by atoms with Crippen LogP contribution < -0.4 is 4.74 Å². The van der Waals surface area contributed by atoms with Gasteiger partial charge in [0.2, 0.25) is 0 Å². The Labute approximate surface area is 173 Å². The molecule has 4 rings (SSSR count). The van der Waals surface area contributed by atoms with Crippen LogP contribution in [0.5, 0.6) is 5.75 Å². The fourth-order valence-electron chi connectivity index (χ4n) is 3.96. The third kappa shape index (κ3) is 4.51. The Morgan fingerprint density at radius 3 is 2.47 bits per heavy atom. The zero-order chi connectivity index (χ0) is 21.1. The predicted octanol–water partition coefficient (Wildman–Crippen LogP) is 5.01. The molecule has 1 aliphatic heterocycles. The second kappa shape index (κ2) is 8.52. The van der Waals surface area contributed by atoms with E-state index in [-0.39, 0.29) is 6.04 Å². The summed E-state index contributed by atoms with van der Waals surface area (Å²) in [6, 6.07) is 13.5. The summed E-state index contributed by atoms with van der Waals surface area (Å²) >= 11 is 0. The van der Waals surface area contributed by atoms with Gasteiger partial charge in [-0.05, 0) is 48.2 Å². The van der Waals surface area contributed by atoms with Gasteiger partial charge in [-0.2, -0.15) is 13.2 Å². The highest BCUT2D eigenvalue weighted by molar-refractivity contribution is 5.31. The Hall–Kier alpha value is -2.80. The van der Waals surface area contributed by atoms with Gasteiger partial charge in [-0.3, -0.25) is 4.90 Å². The third-order valence-electron chi connectivity index (χ3n) is 5.54. The summed E-state index contributed by atoms with van der Waals surface area (Å²) < 4.78 is 45.7. The standard InChI is InChI=1S/C23H24F3N3O/c1-28-13-11-27-22(28)21-15-17-5-2-3-6-18(17)16-29(21)12-4-14-30-20-9-7-19(8-10-20)23(24,25)26/h2-3,5-11,13,21H,4,12,14-16H2,1H3. The number of benzene rings is 2. The highest BCUT2D eigenvalue weighted by Gasteiger charge is 2.30. The van der Waals surface area contributed by atoms with E-state index in [0.717, 1.165) is 43.9 Å². The summed E-state index contributed by atoms with van der Waals surface area (Å²) in [6.45, 7) is 2.09. The van der Waals surface area contributed by atoms with Gasteiger partial charge in [0.25, 0.3) is 0 Å². The molecule has 0 saturated carbocycles. The maximum atomic E-state index is 12.7. The second-order valence-electron chi connectivity index (χ2n) is 7.58. The first-order valence-corrected chi connectivity index (χ1v) is 10.00. The number of nitrogens with zero attached hydrogens (tertiary/aromatic N) is 3. The van der Waals surface area contributed by atoms with Crippen LogP contribution in [0.2, 0.25) is 0 Å². The van der Waals surface area contributed by atoms with Gasteiger partial charge in [0.1, 0.15) is 11.6 Å². The van der Waals surface area contributed by atoms with Crippen LogP contribution in [0.4, 0.5) is 13.2 Å². The van der Waals surface area contributed by atoms with Crippen molar-refractivity contribution in [3.05, 3.63) is 83.4 Å².